The Morgan fingerprint density at radius 3 is 2.96 bits per heavy atom. The van der Waals surface area contributed by atoms with Crippen LogP contribution in [-0.2, 0) is 6.42 Å². The molecule has 1 saturated heterocycles. The molecule has 0 aliphatic carbocycles. The van der Waals surface area contributed by atoms with E-state index in [0.29, 0.717) is 6.04 Å². The molecule has 1 amide bonds. The quantitative estimate of drug-likeness (QED) is 0.793. The minimum atomic E-state index is 0.0643. The maximum Gasteiger partial charge on any atom is 0.261 e. The Morgan fingerprint density at radius 2 is 2.08 bits per heavy atom. The molecule has 2 aliphatic rings. The second-order valence-corrected chi connectivity index (χ2v) is 8.20. The Morgan fingerprint density at radius 1 is 1.15 bits per heavy atom. The van der Waals surface area contributed by atoms with E-state index in [9.17, 15) is 4.79 Å². The van der Waals surface area contributed by atoms with Crippen molar-refractivity contribution in [1.82, 2.24) is 10.2 Å². The first-order chi connectivity index (χ1) is 12.8. The number of unbranched alkanes of at least 4 members (excludes halogenated alkanes) is 1. The Kier molecular flexibility index (Phi) is 5.56. The zero-order chi connectivity index (χ0) is 17.8. The van der Waals surface area contributed by atoms with E-state index in [1.165, 1.54) is 42.0 Å². The molecule has 4 nitrogen and oxygen atoms in total. The molecule has 1 aromatic carbocycles. The number of carbonyl (C=O) groups excluding carboxylic acids is 1. The van der Waals surface area contributed by atoms with E-state index in [0.717, 1.165) is 43.9 Å². The smallest absolute Gasteiger partial charge is 0.261 e. The molecule has 4 rings (SSSR count). The number of piperazine rings is 1. The molecule has 138 valence electrons. The van der Waals surface area contributed by atoms with Crippen molar-refractivity contribution in [1.29, 1.82) is 0 Å². The summed E-state index contributed by atoms with van der Waals surface area (Å²) in [5, 5.41) is 4.97. The van der Waals surface area contributed by atoms with Gasteiger partial charge in [0.25, 0.3) is 5.91 Å². The van der Waals surface area contributed by atoms with Crippen LogP contribution >= 0.6 is 11.3 Å². The van der Waals surface area contributed by atoms with E-state index in [2.05, 4.69) is 39.4 Å². The third-order valence-electron chi connectivity index (χ3n) is 5.55. The molecule has 2 aromatic rings. The summed E-state index contributed by atoms with van der Waals surface area (Å²) in [6.45, 7) is 5.37. The summed E-state index contributed by atoms with van der Waals surface area (Å²) in [5.74, 6) is 0.0643. The van der Waals surface area contributed by atoms with E-state index in [1.54, 1.807) is 0 Å². The van der Waals surface area contributed by atoms with Crippen LogP contribution in [0.3, 0.4) is 0 Å². The molecular formula is C21H27N3OS. The topological polar surface area (TPSA) is 35.6 Å². The molecule has 26 heavy (non-hydrogen) atoms. The average molecular weight is 370 g/mol. The molecule has 1 fully saturated rings. The van der Waals surface area contributed by atoms with Crippen molar-refractivity contribution < 1.29 is 4.79 Å². The number of nitrogens with one attached hydrogen (secondary N) is 1. The molecular weight excluding hydrogens is 342 g/mol. The maximum atomic E-state index is 11.9. The van der Waals surface area contributed by atoms with Crippen molar-refractivity contribution in [3.63, 3.8) is 0 Å². The van der Waals surface area contributed by atoms with E-state index >= 15 is 0 Å². The number of nitrogens with zero attached hydrogens (tertiary/aromatic N) is 2. The second-order valence-electron chi connectivity index (χ2n) is 7.26. The molecule has 1 aromatic heterocycles. The van der Waals surface area contributed by atoms with Crippen molar-refractivity contribution in [2.75, 3.05) is 37.6 Å². The average Bonchev–Trinajstić information content (AvgIpc) is 3.22. The number of fused-ring (bicyclic) bond motifs is 3. The van der Waals surface area contributed by atoms with Gasteiger partial charge in [-0.05, 0) is 55.3 Å². The lowest BCUT2D eigenvalue weighted by atomic mass is 9.94. The Labute approximate surface area is 159 Å². The Hall–Kier alpha value is -1.85. The number of rotatable bonds is 6. The van der Waals surface area contributed by atoms with Gasteiger partial charge in [-0.15, -0.1) is 11.3 Å². The molecule has 1 atom stereocenters. The summed E-state index contributed by atoms with van der Waals surface area (Å²) in [6, 6.07) is 13.3. The van der Waals surface area contributed by atoms with Crippen LogP contribution in [0.5, 0.6) is 0 Å². The number of hydrogen-bond donors (Lipinski definition) is 1. The third-order valence-corrected chi connectivity index (χ3v) is 6.42. The highest BCUT2D eigenvalue weighted by molar-refractivity contribution is 7.12. The van der Waals surface area contributed by atoms with Gasteiger partial charge in [-0.25, -0.2) is 0 Å². The minimum Gasteiger partial charge on any atom is -0.366 e. The minimum absolute atomic E-state index is 0.0643. The number of hydrogen-bond acceptors (Lipinski definition) is 4. The Balaban J connectivity index is 1.18. The number of para-hydroxylation sites is 1. The van der Waals surface area contributed by atoms with Crippen LogP contribution in [0.1, 0.15) is 34.5 Å². The normalized spacial score (nSPS) is 19.7. The lowest BCUT2D eigenvalue weighted by molar-refractivity contribution is 0.0956. The van der Waals surface area contributed by atoms with Crippen LogP contribution in [0.25, 0.3) is 0 Å². The third kappa shape index (κ3) is 3.94. The lowest BCUT2D eigenvalue weighted by Crippen LogP contribution is -2.55. The van der Waals surface area contributed by atoms with Gasteiger partial charge in [0.05, 0.1) is 4.88 Å². The number of anilines is 1. The maximum absolute atomic E-state index is 11.9. The van der Waals surface area contributed by atoms with Crippen molar-refractivity contribution >= 4 is 22.9 Å². The number of amides is 1. The summed E-state index contributed by atoms with van der Waals surface area (Å²) in [7, 11) is 0. The van der Waals surface area contributed by atoms with Gasteiger partial charge in [0.15, 0.2) is 0 Å². The van der Waals surface area contributed by atoms with Gasteiger partial charge in [-0.1, -0.05) is 24.3 Å². The first-order valence-corrected chi connectivity index (χ1v) is 10.6. The molecule has 0 spiro atoms. The lowest BCUT2D eigenvalue weighted by Gasteiger charge is -2.46. The summed E-state index contributed by atoms with van der Waals surface area (Å²) in [6.07, 6.45) is 4.67. The molecule has 1 unspecified atom stereocenters. The van der Waals surface area contributed by atoms with Gasteiger partial charge in [0.2, 0.25) is 0 Å². The zero-order valence-corrected chi connectivity index (χ0v) is 16.0. The number of carbonyl (C=O) groups is 1. The van der Waals surface area contributed by atoms with E-state index in [1.807, 2.05) is 17.5 Å². The monoisotopic (exact) mass is 369 g/mol. The first-order valence-electron chi connectivity index (χ1n) is 9.70. The summed E-state index contributed by atoms with van der Waals surface area (Å²) in [4.78, 5) is 17.9. The van der Waals surface area contributed by atoms with Crippen LogP contribution in [-0.4, -0.2) is 49.6 Å². The summed E-state index contributed by atoms with van der Waals surface area (Å²) >= 11 is 1.50. The van der Waals surface area contributed by atoms with Crippen LogP contribution in [0.2, 0.25) is 0 Å². The molecule has 0 saturated carbocycles. The van der Waals surface area contributed by atoms with Gasteiger partial charge < -0.3 is 10.2 Å². The van der Waals surface area contributed by atoms with Crippen molar-refractivity contribution in [3.8, 4) is 0 Å². The predicted octanol–water partition coefficient (Wildman–Crippen LogP) is 3.40. The molecule has 2 aliphatic heterocycles. The standard InChI is InChI=1S/C21H27N3OS/c25-21(20-8-5-15-26-20)22-11-3-4-12-23-13-14-24-18(16-23)10-9-17-6-1-2-7-19(17)24/h1-2,5-8,15,18H,3-4,9-14,16H2,(H,22,25). The van der Waals surface area contributed by atoms with Gasteiger partial charge in [0.1, 0.15) is 0 Å². The molecule has 5 heteroatoms. The number of thiophene rings is 1. The molecule has 0 radical (unpaired) electrons. The highest BCUT2D eigenvalue weighted by atomic mass is 32.1. The van der Waals surface area contributed by atoms with Crippen molar-refractivity contribution in [3.05, 3.63) is 52.2 Å². The fourth-order valence-electron chi connectivity index (χ4n) is 4.17. The predicted molar refractivity (Wildman–Crippen MR) is 108 cm³/mol. The molecule has 0 bridgehead atoms. The SMILES string of the molecule is O=C(NCCCCN1CCN2c3ccccc3CCC2C1)c1cccs1. The molecule has 3 heterocycles. The van der Waals surface area contributed by atoms with Crippen LogP contribution in [0.15, 0.2) is 41.8 Å². The van der Waals surface area contributed by atoms with Gasteiger partial charge in [-0.2, -0.15) is 0 Å². The van der Waals surface area contributed by atoms with Crippen molar-refractivity contribution in [2.45, 2.75) is 31.7 Å². The van der Waals surface area contributed by atoms with E-state index < -0.39 is 0 Å². The van der Waals surface area contributed by atoms with E-state index in [4.69, 9.17) is 0 Å². The largest absolute Gasteiger partial charge is 0.366 e. The first kappa shape index (κ1) is 17.6. The van der Waals surface area contributed by atoms with Gasteiger partial charge in [0, 0.05) is 37.9 Å². The molecule has 1 N–H and O–H groups in total. The zero-order valence-electron chi connectivity index (χ0n) is 15.2. The Bertz CT molecular complexity index is 731. The van der Waals surface area contributed by atoms with Crippen LogP contribution in [0, 0.1) is 0 Å². The van der Waals surface area contributed by atoms with Gasteiger partial charge >= 0.3 is 0 Å². The second kappa shape index (κ2) is 8.23. The number of aryl methyl sites for hydroxylation is 1. The fraction of sp³-hybridized carbons (Fsp3) is 0.476. The van der Waals surface area contributed by atoms with E-state index in [-0.39, 0.29) is 5.91 Å². The van der Waals surface area contributed by atoms with Crippen LogP contribution in [0.4, 0.5) is 5.69 Å². The highest BCUT2D eigenvalue weighted by Crippen LogP contribution is 2.32. The fourth-order valence-corrected chi connectivity index (χ4v) is 4.81. The highest BCUT2D eigenvalue weighted by Gasteiger charge is 2.30. The number of benzene rings is 1. The van der Waals surface area contributed by atoms with Gasteiger partial charge in [-0.3, -0.25) is 9.69 Å². The van der Waals surface area contributed by atoms with Crippen LogP contribution < -0.4 is 10.2 Å². The van der Waals surface area contributed by atoms with Crippen molar-refractivity contribution in [2.24, 2.45) is 0 Å². The summed E-state index contributed by atoms with van der Waals surface area (Å²) < 4.78 is 0. The summed E-state index contributed by atoms with van der Waals surface area (Å²) in [5.41, 5.74) is 2.97.